The van der Waals surface area contributed by atoms with Crippen molar-refractivity contribution in [1.82, 2.24) is 0 Å². The maximum absolute atomic E-state index is 12.4. The van der Waals surface area contributed by atoms with Crippen molar-refractivity contribution in [2.24, 2.45) is 0 Å². The molecule has 1 amide bonds. The molecule has 0 aromatic heterocycles. The normalized spacial score (nSPS) is 11.2. The molecule has 0 saturated carbocycles. The first-order valence-corrected chi connectivity index (χ1v) is 9.44. The fourth-order valence-corrected chi connectivity index (χ4v) is 3.31. The third kappa shape index (κ3) is 4.35. The van der Waals surface area contributed by atoms with Crippen molar-refractivity contribution in [2.75, 3.05) is 22.4 Å². The maximum atomic E-state index is 12.4. The first kappa shape index (κ1) is 18.0. The highest BCUT2D eigenvalue weighted by Crippen LogP contribution is 2.24. The van der Waals surface area contributed by atoms with Crippen LogP contribution in [0.5, 0.6) is 0 Å². The fraction of sp³-hybridized carbons (Fsp3) is 0.278. The summed E-state index contributed by atoms with van der Waals surface area (Å²) in [5.41, 5.74) is 3.86. The van der Waals surface area contributed by atoms with E-state index in [4.69, 9.17) is 0 Å². The number of para-hydroxylation sites is 1. The van der Waals surface area contributed by atoms with Gasteiger partial charge in [-0.1, -0.05) is 30.3 Å². The van der Waals surface area contributed by atoms with Gasteiger partial charge in [0.25, 0.3) is 0 Å². The quantitative estimate of drug-likeness (QED) is 0.905. The summed E-state index contributed by atoms with van der Waals surface area (Å²) in [4.78, 5) is 12.4. The number of aryl methyl sites for hydroxylation is 3. The van der Waals surface area contributed by atoms with Gasteiger partial charge in [0.05, 0.1) is 11.9 Å². The fourth-order valence-electron chi connectivity index (χ4n) is 2.40. The Morgan fingerprint density at radius 3 is 2.33 bits per heavy atom. The zero-order valence-corrected chi connectivity index (χ0v) is 15.1. The van der Waals surface area contributed by atoms with Crippen molar-refractivity contribution in [2.45, 2.75) is 20.8 Å². The van der Waals surface area contributed by atoms with Crippen molar-refractivity contribution < 1.29 is 13.2 Å². The second kappa shape index (κ2) is 7.05. The van der Waals surface area contributed by atoms with E-state index in [1.807, 2.05) is 51.1 Å². The van der Waals surface area contributed by atoms with Crippen LogP contribution >= 0.6 is 0 Å². The average Bonchev–Trinajstić information content (AvgIpc) is 2.49. The molecular formula is C18H22N2O3S. The molecule has 5 nitrogen and oxygen atoms in total. The Balaban J connectivity index is 2.29. The molecule has 24 heavy (non-hydrogen) atoms. The molecule has 0 heterocycles. The van der Waals surface area contributed by atoms with Crippen LogP contribution in [-0.4, -0.2) is 27.1 Å². The van der Waals surface area contributed by atoms with Gasteiger partial charge in [-0.3, -0.25) is 9.10 Å². The highest BCUT2D eigenvalue weighted by atomic mass is 32.2. The van der Waals surface area contributed by atoms with Gasteiger partial charge in [-0.25, -0.2) is 8.42 Å². The number of hydrogen-bond donors (Lipinski definition) is 1. The van der Waals surface area contributed by atoms with E-state index in [0.717, 1.165) is 27.3 Å². The SMILES string of the molecule is Cc1ccc(C)c(N(CC(=O)Nc2ccccc2C)S(C)(=O)=O)c1. The number of anilines is 2. The smallest absolute Gasteiger partial charge is 0.245 e. The molecule has 0 saturated heterocycles. The summed E-state index contributed by atoms with van der Waals surface area (Å²) in [5, 5.41) is 2.77. The van der Waals surface area contributed by atoms with Crippen molar-refractivity contribution in [1.29, 1.82) is 0 Å². The highest BCUT2D eigenvalue weighted by Gasteiger charge is 2.22. The van der Waals surface area contributed by atoms with Crippen LogP contribution in [0.2, 0.25) is 0 Å². The Morgan fingerprint density at radius 2 is 1.71 bits per heavy atom. The van der Waals surface area contributed by atoms with Gasteiger partial charge < -0.3 is 5.32 Å². The van der Waals surface area contributed by atoms with Crippen LogP contribution in [0.25, 0.3) is 0 Å². The Morgan fingerprint density at radius 1 is 1.04 bits per heavy atom. The second-order valence-corrected chi connectivity index (χ2v) is 7.83. The van der Waals surface area contributed by atoms with E-state index < -0.39 is 10.0 Å². The largest absolute Gasteiger partial charge is 0.324 e. The molecule has 0 radical (unpaired) electrons. The number of rotatable bonds is 5. The minimum absolute atomic E-state index is 0.266. The van der Waals surface area contributed by atoms with E-state index in [-0.39, 0.29) is 12.5 Å². The molecule has 0 unspecified atom stereocenters. The molecule has 0 aliphatic heterocycles. The molecule has 6 heteroatoms. The standard InChI is InChI=1S/C18H22N2O3S/c1-13-9-10-15(3)17(11-13)20(24(4,22)23)12-18(21)19-16-8-6-5-7-14(16)2/h5-11H,12H2,1-4H3,(H,19,21). The van der Waals surface area contributed by atoms with Gasteiger partial charge in [0.2, 0.25) is 15.9 Å². The lowest BCUT2D eigenvalue weighted by atomic mass is 10.1. The van der Waals surface area contributed by atoms with Gasteiger partial charge >= 0.3 is 0 Å². The molecule has 0 bridgehead atoms. The Kier molecular flexibility index (Phi) is 5.29. The number of sulfonamides is 1. The molecule has 0 fully saturated rings. The van der Waals surface area contributed by atoms with Crippen LogP contribution in [-0.2, 0) is 14.8 Å². The van der Waals surface area contributed by atoms with Crippen LogP contribution in [0.1, 0.15) is 16.7 Å². The summed E-state index contributed by atoms with van der Waals surface area (Å²) in [6.07, 6.45) is 1.11. The van der Waals surface area contributed by atoms with E-state index in [1.54, 1.807) is 12.1 Å². The minimum Gasteiger partial charge on any atom is -0.324 e. The third-order valence-electron chi connectivity index (χ3n) is 3.74. The van der Waals surface area contributed by atoms with Gasteiger partial charge in [-0.2, -0.15) is 0 Å². The number of nitrogens with zero attached hydrogens (tertiary/aromatic N) is 1. The first-order valence-electron chi connectivity index (χ1n) is 7.59. The minimum atomic E-state index is -3.58. The van der Waals surface area contributed by atoms with E-state index in [9.17, 15) is 13.2 Å². The second-order valence-electron chi connectivity index (χ2n) is 5.92. The molecule has 0 aliphatic rings. The summed E-state index contributed by atoms with van der Waals surface area (Å²) >= 11 is 0. The van der Waals surface area contributed by atoms with E-state index in [2.05, 4.69) is 5.32 Å². The van der Waals surface area contributed by atoms with Gasteiger partial charge in [-0.15, -0.1) is 0 Å². The topological polar surface area (TPSA) is 66.5 Å². The molecule has 2 aromatic carbocycles. The van der Waals surface area contributed by atoms with Crippen molar-refractivity contribution in [3.63, 3.8) is 0 Å². The van der Waals surface area contributed by atoms with Crippen LogP contribution in [0, 0.1) is 20.8 Å². The van der Waals surface area contributed by atoms with Crippen LogP contribution in [0.3, 0.4) is 0 Å². The van der Waals surface area contributed by atoms with Gasteiger partial charge in [0.1, 0.15) is 6.54 Å². The summed E-state index contributed by atoms with van der Waals surface area (Å²) in [5.74, 6) is -0.379. The highest BCUT2D eigenvalue weighted by molar-refractivity contribution is 7.92. The molecule has 0 spiro atoms. The van der Waals surface area contributed by atoms with E-state index in [1.165, 1.54) is 0 Å². The monoisotopic (exact) mass is 346 g/mol. The van der Waals surface area contributed by atoms with E-state index in [0.29, 0.717) is 11.4 Å². The summed E-state index contributed by atoms with van der Waals surface area (Å²) in [6, 6.07) is 12.9. The Labute approximate surface area is 143 Å². The number of amides is 1. The van der Waals surface area contributed by atoms with Crippen molar-refractivity contribution in [3.05, 3.63) is 59.2 Å². The number of carbonyl (C=O) groups excluding carboxylic acids is 1. The molecule has 1 N–H and O–H groups in total. The van der Waals surface area contributed by atoms with E-state index >= 15 is 0 Å². The summed E-state index contributed by atoms with van der Waals surface area (Å²) in [7, 11) is -3.58. The Hall–Kier alpha value is -2.34. The molecule has 2 aromatic rings. The lowest BCUT2D eigenvalue weighted by molar-refractivity contribution is -0.114. The van der Waals surface area contributed by atoms with Crippen LogP contribution in [0.4, 0.5) is 11.4 Å². The third-order valence-corrected chi connectivity index (χ3v) is 4.87. The molecule has 0 aliphatic carbocycles. The average molecular weight is 346 g/mol. The van der Waals surface area contributed by atoms with Crippen LogP contribution < -0.4 is 9.62 Å². The first-order chi connectivity index (χ1) is 11.2. The predicted octanol–water partition coefficient (Wildman–Crippen LogP) is 3.02. The molecular weight excluding hydrogens is 324 g/mol. The lowest BCUT2D eigenvalue weighted by Crippen LogP contribution is -2.38. The number of nitrogens with one attached hydrogen (secondary N) is 1. The summed E-state index contributed by atoms with van der Waals surface area (Å²) < 4.78 is 25.5. The maximum Gasteiger partial charge on any atom is 0.245 e. The Bertz CT molecular complexity index is 860. The molecule has 2 rings (SSSR count). The lowest BCUT2D eigenvalue weighted by Gasteiger charge is -2.24. The number of benzene rings is 2. The zero-order chi connectivity index (χ0) is 17.9. The van der Waals surface area contributed by atoms with Crippen molar-refractivity contribution >= 4 is 27.3 Å². The van der Waals surface area contributed by atoms with Gasteiger partial charge in [-0.05, 0) is 49.6 Å². The van der Waals surface area contributed by atoms with Crippen molar-refractivity contribution in [3.8, 4) is 0 Å². The predicted molar refractivity (Wildman–Crippen MR) is 97.9 cm³/mol. The summed E-state index contributed by atoms with van der Waals surface area (Å²) in [6.45, 7) is 5.33. The molecule has 128 valence electrons. The van der Waals surface area contributed by atoms with Crippen LogP contribution in [0.15, 0.2) is 42.5 Å². The van der Waals surface area contributed by atoms with Gasteiger partial charge in [0, 0.05) is 5.69 Å². The molecule has 0 atom stereocenters. The number of hydrogen-bond acceptors (Lipinski definition) is 3. The number of carbonyl (C=O) groups is 1. The van der Waals surface area contributed by atoms with Gasteiger partial charge in [0.15, 0.2) is 0 Å². The zero-order valence-electron chi connectivity index (χ0n) is 14.3.